The Kier molecular flexibility index (Phi) is 9.10. The van der Waals surface area contributed by atoms with Gasteiger partial charge in [-0.3, -0.25) is 19.3 Å². The molecule has 2 saturated heterocycles. The van der Waals surface area contributed by atoms with Crippen molar-refractivity contribution in [1.82, 2.24) is 4.90 Å². The molecule has 0 spiro atoms. The van der Waals surface area contributed by atoms with Crippen LogP contribution in [0.2, 0.25) is 6.32 Å². The first-order valence-electron chi connectivity index (χ1n) is 13.8. The van der Waals surface area contributed by atoms with Crippen molar-refractivity contribution < 1.29 is 34.3 Å². The van der Waals surface area contributed by atoms with Gasteiger partial charge in [0.1, 0.15) is 5.75 Å². The number of allylic oxidation sites excluding steroid dienone is 2. The molecule has 2 heterocycles. The van der Waals surface area contributed by atoms with Crippen LogP contribution >= 0.6 is 0 Å². The van der Waals surface area contributed by atoms with Gasteiger partial charge in [0.15, 0.2) is 0 Å². The Morgan fingerprint density at radius 1 is 1.16 bits per heavy atom. The molecular formula is C29H38BNO7. The van der Waals surface area contributed by atoms with Gasteiger partial charge in [0.2, 0.25) is 11.8 Å². The van der Waals surface area contributed by atoms with Crippen molar-refractivity contribution in [1.29, 1.82) is 0 Å². The molecule has 3 aliphatic rings. The fourth-order valence-electron chi connectivity index (χ4n) is 6.45. The van der Waals surface area contributed by atoms with Crippen molar-refractivity contribution >= 4 is 31.0 Å². The number of hydrogen-bond donors (Lipinski definition) is 3. The SMILES string of the molecule is CC/C(=C\c1cccc(O)c1)CC[C@H]1OB(O)C[C@H]2C1=C(C)C[C@H]1C(=O)N(CCCCCC(=O)O)C(=O)[C@H]12. The van der Waals surface area contributed by atoms with Crippen molar-refractivity contribution in [2.24, 2.45) is 17.8 Å². The number of carboxylic acids is 1. The number of hydrogen-bond acceptors (Lipinski definition) is 6. The zero-order valence-electron chi connectivity index (χ0n) is 22.3. The Balaban J connectivity index is 1.46. The van der Waals surface area contributed by atoms with Crippen LogP contribution in [-0.4, -0.2) is 57.7 Å². The van der Waals surface area contributed by atoms with Crippen LogP contribution in [0.4, 0.5) is 0 Å². The average molecular weight is 523 g/mol. The number of carbonyl (C=O) groups is 3. The molecule has 9 heteroatoms. The van der Waals surface area contributed by atoms with E-state index >= 15 is 0 Å². The highest BCUT2D eigenvalue weighted by atomic mass is 16.5. The van der Waals surface area contributed by atoms with Crippen molar-refractivity contribution in [2.75, 3.05) is 6.54 Å². The van der Waals surface area contributed by atoms with Crippen LogP contribution < -0.4 is 0 Å². The fourth-order valence-corrected chi connectivity index (χ4v) is 6.45. The minimum Gasteiger partial charge on any atom is -0.508 e. The number of rotatable bonds is 11. The quantitative estimate of drug-likeness (QED) is 0.170. The lowest BCUT2D eigenvalue weighted by molar-refractivity contribution is -0.141. The molecule has 0 saturated carbocycles. The maximum atomic E-state index is 13.5. The van der Waals surface area contributed by atoms with E-state index in [9.17, 15) is 24.5 Å². The smallest absolute Gasteiger partial charge is 0.455 e. The van der Waals surface area contributed by atoms with E-state index in [0.29, 0.717) is 45.0 Å². The van der Waals surface area contributed by atoms with Gasteiger partial charge in [-0.25, -0.2) is 0 Å². The topological polar surface area (TPSA) is 124 Å². The molecule has 3 N–H and O–H groups in total. The number of likely N-dealkylation sites (tertiary alicyclic amines) is 1. The van der Waals surface area contributed by atoms with E-state index in [-0.39, 0.29) is 36.0 Å². The second-order valence-corrected chi connectivity index (χ2v) is 10.8. The summed E-state index contributed by atoms with van der Waals surface area (Å²) in [6, 6.07) is 7.12. The second-order valence-electron chi connectivity index (χ2n) is 10.8. The second kappa shape index (κ2) is 12.3. The number of phenols is 1. The van der Waals surface area contributed by atoms with E-state index in [0.717, 1.165) is 29.6 Å². The highest BCUT2D eigenvalue weighted by Gasteiger charge is 2.56. The zero-order chi connectivity index (χ0) is 27.4. The molecule has 204 valence electrons. The minimum absolute atomic E-state index is 0.0870. The molecular weight excluding hydrogens is 485 g/mol. The summed E-state index contributed by atoms with van der Waals surface area (Å²) in [5.74, 6) is -2.04. The third kappa shape index (κ3) is 6.21. The number of nitrogens with zero attached hydrogens (tertiary/aromatic N) is 1. The number of carboxylic acid groups (broad SMARTS) is 1. The lowest BCUT2D eigenvalue weighted by Crippen LogP contribution is -2.46. The number of imide groups is 1. The van der Waals surface area contributed by atoms with E-state index in [4.69, 9.17) is 9.76 Å². The molecule has 0 radical (unpaired) electrons. The summed E-state index contributed by atoms with van der Waals surface area (Å²) in [5.41, 5.74) is 4.27. The summed E-state index contributed by atoms with van der Waals surface area (Å²) in [4.78, 5) is 38.8. The third-order valence-electron chi connectivity index (χ3n) is 8.24. The van der Waals surface area contributed by atoms with E-state index in [2.05, 4.69) is 13.0 Å². The Morgan fingerprint density at radius 2 is 1.95 bits per heavy atom. The molecule has 2 amide bonds. The van der Waals surface area contributed by atoms with E-state index in [1.807, 2.05) is 19.1 Å². The first-order valence-corrected chi connectivity index (χ1v) is 13.8. The Bertz CT molecular complexity index is 1130. The van der Waals surface area contributed by atoms with Crippen molar-refractivity contribution in [3.05, 3.63) is 46.5 Å². The van der Waals surface area contributed by atoms with Gasteiger partial charge in [-0.1, -0.05) is 42.7 Å². The van der Waals surface area contributed by atoms with Gasteiger partial charge in [0, 0.05) is 13.0 Å². The number of unbranched alkanes of at least 4 members (excludes halogenated alkanes) is 2. The van der Waals surface area contributed by atoms with E-state index in [1.165, 1.54) is 10.5 Å². The van der Waals surface area contributed by atoms with Crippen LogP contribution in [0, 0.1) is 17.8 Å². The Morgan fingerprint density at radius 3 is 2.66 bits per heavy atom. The van der Waals surface area contributed by atoms with Crippen LogP contribution in [0.3, 0.4) is 0 Å². The normalized spacial score (nSPS) is 25.6. The number of benzene rings is 1. The van der Waals surface area contributed by atoms with E-state index < -0.39 is 24.9 Å². The predicted molar refractivity (Wildman–Crippen MR) is 144 cm³/mol. The first kappa shape index (κ1) is 28.1. The molecule has 1 aliphatic carbocycles. The predicted octanol–water partition coefficient (Wildman–Crippen LogP) is 4.43. The Labute approximate surface area is 224 Å². The van der Waals surface area contributed by atoms with Crippen LogP contribution in [0.1, 0.15) is 70.8 Å². The summed E-state index contributed by atoms with van der Waals surface area (Å²) < 4.78 is 6.01. The number of amides is 2. The van der Waals surface area contributed by atoms with Gasteiger partial charge < -0.3 is 19.9 Å². The standard InChI is InChI=1S/C29H38BNO7/c1-3-19(15-20-8-7-9-21(32)16-20)11-12-24-26-18(2)14-22-27(23(26)17-30(37)38-24)29(36)31(28(22)35)13-6-4-5-10-25(33)34/h7-9,15-16,22-24,27,32,37H,3-6,10-14,17H2,1-2H3,(H,33,34)/b19-15+/t22-,23+,24-,27-/m1/s1. The van der Waals surface area contributed by atoms with E-state index in [1.54, 1.807) is 12.1 Å². The maximum Gasteiger partial charge on any atom is 0.455 e. The molecule has 0 bridgehead atoms. The lowest BCUT2D eigenvalue weighted by atomic mass is 9.59. The average Bonchev–Trinajstić information content (AvgIpc) is 3.10. The highest BCUT2D eigenvalue weighted by molar-refractivity contribution is 6.43. The number of phenolic OH excluding ortho intramolecular Hbond substituents is 1. The summed E-state index contributed by atoms with van der Waals surface area (Å²) >= 11 is 0. The van der Waals surface area contributed by atoms with Gasteiger partial charge >= 0.3 is 13.1 Å². The van der Waals surface area contributed by atoms with Gasteiger partial charge in [-0.2, -0.15) is 0 Å². The summed E-state index contributed by atoms with van der Waals surface area (Å²) in [6.45, 7) is 4.42. The van der Waals surface area contributed by atoms with Crippen molar-refractivity contribution in [3.8, 4) is 5.75 Å². The number of carbonyl (C=O) groups excluding carboxylic acids is 2. The number of fused-ring (bicyclic) bond motifs is 3. The van der Waals surface area contributed by atoms with Gasteiger partial charge in [0.05, 0.1) is 17.9 Å². The molecule has 2 fully saturated rings. The molecule has 1 aromatic rings. The monoisotopic (exact) mass is 523 g/mol. The molecule has 1 aromatic carbocycles. The van der Waals surface area contributed by atoms with Crippen LogP contribution in [-0.2, 0) is 19.0 Å². The maximum absolute atomic E-state index is 13.5. The summed E-state index contributed by atoms with van der Waals surface area (Å²) in [5, 5.41) is 29.2. The highest BCUT2D eigenvalue weighted by Crippen LogP contribution is 2.50. The summed E-state index contributed by atoms with van der Waals surface area (Å²) in [7, 11) is -0.992. The summed E-state index contributed by atoms with van der Waals surface area (Å²) in [6.07, 6.45) is 6.66. The third-order valence-corrected chi connectivity index (χ3v) is 8.24. The number of aliphatic carboxylic acids is 1. The number of aromatic hydroxyl groups is 1. The minimum atomic E-state index is -0.992. The molecule has 2 aliphatic heterocycles. The first-order chi connectivity index (χ1) is 18.2. The fraction of sp³-hybridized carbons (Fsp3) is 0.552. The molecule has 38 heavy (non-hydrogen) atoms. The van der Waals surface area contributed by atoms with Gasteiger partial charge in [0.25, 0.3) is 0 Å². The largest absolute Gasteiger partial charge is 0.508 e. The van der Waals surface area contributed by atoms with Crippen LogP contribution in [0.25, 0.3) is 6.08 Å². The van der Waals surface area contributed by atoms with Gasteiger partial charge in [-0.15, -0.1) is 0 Å². The van der Waals surface area contributed by atoms with Crippen LogP contribution in [0.15, 0.2) is 41.0 Å². The molecule has 4 atom stereocenters. The lowest BCUT2D eigenvalue weighted by Gasteiger charge is -2.42. The molecule has 8 nitrogen and oxygen atoms in total. The van der Waals surface area contributed by atoms with Gasteiger partial charge in [-0.05, 0) is 81.0 Å². The molecule has 0 aromatic heterocycles. The van der Waals surface area contributed by atoms with Crippen molar-refractivity contribution in [3.63, 3.8) is 0 Å². The van der Waals surface area contributed by atoms with Crippen LogP contribution in [0.5, 0.6) is 5.75 Å². The zero-order valence-corrected chi connectivity index (χ0v) is 22.3. The van der Waals surface area contributed by atoms with Crippen molar-refractivity contribution in [2.45, 2.75) is 77.6 Å². The Hall–Kier alpha value is -2.91. The molecule has 4 rings (SSSR count). The molecule has 0 unspecified atom stereocenters.